The monoisotopic (exact) mass is 240 g/mol. The number of aromatic nitrogens is 1. The highest BCUT2D eigenvalue weighted by Crippen LogP contribution is 2.24. The molecule has 18 heavy (non-hydrogen) atoms. The van der Waals surface area contributed by atoms with E-state index in [-0.39, 0.29) is 5.91 Å². The summed E-state index contributed by atoms with van der Waals surface area (Å²) in [4.78, 5) is 15.2. The number of hydrogen-bond donors (Lipinski definition) is 1. The summed E-state index contributed by atoms with van der Waals surface area (Å²) in [6.45, 7) is 5.53. The van der Waals surface area contributed by atoms with Gasteiger partial charge in [0.1, 0.15) is 0 Å². The summed E-state index contributed by atoms with van der Waals surface area (Å²) in [6.07, 6.45) is 1.88. The van der Waals surface area contributed by atoms with Crippen LogP contribution in [0.3, 0.4) is 0 Å². The molecule has 92 valence electrons. The Hall–Kier alpha value is -2.16. The Balaban J connectivity index is 2.34. The van der Waals surface area contributed by atoms with Crippen LogP contribution in [-0.4, -0.2) is 10.9 Å². The van der Waals surface area contributed by atoms with E-state index in [4.69, 9.17) is 0 Å². The van der Waals surface area contributed by atoms with Crippen molar-refractivity contribution in [1.82, 2.24) is 4.98 Å². The highest BCUT2D eigenvalue weighted by molar-refractivity contribution is 5.89. The van der Waals surface area contributed by atoms with Gasteiger partial charge in [-0.3, -0.25) is 9.78 Å². The van der Waals surface area contributed by atoms with Gasteiger partial charge in [-0.25, -0.2) is 0 Å². The number of anilines is 1. The van der Waals surface area contributed by atoms with Crippen LogP contribution in [0.25, 0.3) is 11.1 Å². The molecule has 0 aliphatic heterocycles. The Labute approximate surface area is 107 Å². The van der Waals surface area contributed by atoms with Crippen molar-refractivity contribution in [3.8, 4) is 11.1 Å². The van der Waals surface area contributed by atoms with Crippen LogP contribution in [0.2, 0.25) is 0 Å². The molecule has 0 bridgehead atoms. The van der Waals surface area contributed by atoms with E-state index in [9.17, 15) is 4.79 Å². The second-order valence-corrected chi connectivity index (χ2v) is 4.40. The highest BCUT2D eigenvalue weighted by Gasteiger charge is 2.03. The molecule has 0 aliphatic rings. The predicted molar refractivity (Wildman–Crippen MR) is 73.5 cm³/mol. The van der Waals surface area contributed by atoms with Gasteiger partial charge in [-0.1, -0.05) is 12.1 Å². The van der Waals surface area contributed by atoms with Crippen molar-refractivity contribution in [3.05, 3.63) is 47.8 Å². The molecule has 0 fully saturated rings. The smallest absolute Gasteiger partial charge is 0.221 e. The third kappa shape index (κ3) is 2.74. The average molecular weight is 240 g/mol. The summed E-state index contributed by atoms with van der Waals surface area (Å²) in [6, 6.07) is 9.90. The summed E-state index contributed by atoms with van der Waals surface area (Å²) in [5.74, 6) is -0.0568. The maximum Gasteiger partial charge on any atom is 0.221 e. The highest BCUT2D eigenvalue weighted by atomic mass is 16.1. The lowest BCUT2D eigenvalue weighted by Gasteiger charge is -2.08. The second-order valence-electron chi connectivity index (χ2n) is 4.40. The first kappa shape index (κ1) is 12.3. The number of carbonyl (C=O) groups excluding carboxylic acids is 1. The van der Waals surface area contributed by atoms with Gasteiger partial charge in [-0.2, -0.15) is 0 Å². The summed E-state index contributed by atoms with van der Waals surface area (Å²) in [5.41, 5.74) is 5.27. The van der Waals surface area contributed by atoms with Crippen LogP contribution in [0.15, 0.2) is 36.5 Å². The Morgan fingerprint density at radius 1 is 1.17 bits per heavy atom. The van der Waals surface area contributed by atoms with Gasteiger partial charge in [0, 0.05) is 24.5 Å². The van der Waals surface area contributed by atoms with Crippen molar-refractivity contribution in [1.29, 1.82) is 0 Å². The molecular weight excluding hydrogens is 224 g/mol. The van der Waals surface area contributed by atoms with Crippen LogP contribution in [0.4, 0.5) is 5.69 Å². The minimum absolute atomic E-state index is 0.0568. The van der Waals surface area contributed by atoms with Gasteiger partial charge in [0.05, 0.1) is 0 Å². The summed E-state index contributed by atoms with van der Waals surface area (Å²) >= 11 is 0. The lowest BCUT2D eigenvalue weighted by Crippen LogP contribution is -2.05. The van der Waals surface area contributed by atoms with Gasteiger partial charge < -0.3 is 5.32 Å². The number of nitrogens with one attached hydrogen (secondary N) is 1. The van der Waals surface area contributed by atoms with E-state index in [1.807, 2.05) is 44.3 Å². The lowest BCUT2D eigenvalue weighted by molar-refractivity contribution is -0.114. The SMILES string of the molecule is CC(=O)Nc1ccc(-c2cc(C)ncc2C)cc1. The first-order valence-electron chi connectivity index (χ1n) is 5.87. The van der Waals surface area contributed by atoms with E-state index in [1.165, 1.54) is 12.5 Å². The Bertz CT molecular complexity index is 574. The van der Waals surface area contributed by atoms with E-state index < -0.39 is 0 Å². The van der Waals surface area contributed by atoms with Crippen LogP contribution in [0.5, 0.6) is 0 Å². The van der Waals surface area contributed by atoms with Crippen molar-refractivity contribution in [2.75, 3.05) is 5.32 Å². The largest absolute Gasteiger partial charge is 0.326 e. The molecule has 1 N–H and O–H groups in total. The fourth-order valence-electron chi connectivity index (χ4n) is 1.88. The Morgan fingerprint density at radius 3 is 2.44 bits per heavy atom. The number of carbonyl (C=O) groups is 1. The van der Waals surface area contributed by atoms with Crippen molar-refractivity contribution in [3.63, 3.8) is 0 Å². The zero-order chi connectivity index (χ0) is 13.1. The predicted octanol–water partition coefficient (Wildman–Crippen LogP) is 3.32. The second kappa shape index (κ2) is 5.00. The number of amides is 1. The molecule has 1 heterocycles. The van der Waals surface area contributed by atoms with Gasteiger partial charge in [0.25, 0.3) is 0 Å². The molecule has 0 unspecified atom stereocenters. The first-order valence-corrected chi connectivity index (χ1v) is 5.87. The minimum atomic E-state index is -0.0568. The molecule has 0 atom stereocenters. The van der Waals surface area contributed by atoms with Crippen LogP contribution < -0.4 is 5.32 Å². The zero-order valence-corrected chi connectivity index (χ0v) is 10.8. The molecule has 3 heteroatoms. The number of aryl methyl sites for hydroxylation is 2. The van der Waals surface area contributed by atoms with Crippen LogP contribution in [-0.2, 0) is 4.79 Å². The van der Waals surface area contributed by atoms with Crippen LogP contribution >= 0.6 is 0 Å². The fraction of sp³-hybridized carbons (Fsp3) is 0.200. The maximum absolute atomic E-state index is 10.9. The van der Waals surface area contributed by atoms with Crippen molar-refractivity contribution in [2.24, 2.45) is 0 Å². The number of benzene rings is 1. The molecule has 1 aromatic carbocycles. The average Bonchev–Trinajstić information content (AvgIpc) is 2.33. The maximum atomic E-state index is 10.9. The van der Waals surface area contributed by atoms with Gasteiger partial charge in [0.15, 0.2) is 0 Å². The van der Waals surface area contributed by atoms with E-state index in [2.05, 4.69) is 16.4 Å². The molecule has 2 aromatic rings. The number of hydrogen-bond acceptors (Lipinski definition) is 2. The van der Waals surface area contributed by atoms with Crippen LogP contribution in [0, 0.1) is 13.8 Å². The standard InChI is InChI=1S/C15H16N2O/c1-10-9-16-11(2)8-15(10)13-4-6-14(7-5-13)17-12(3)18/h4-9H,1-3H3,(H,17,18). The van der Waals surface area contributed by atoms with Crippen molar-refractivity contribution in [2.45, 2.75) is 20.8 Å². The molecule has 0 spiro atoms. The van der Waals surface area contributed by atoms with Gasteiger partial charge >= 0.3 is 0 Å². The fourth-order valence-corrected chi connectivity index (χ4v) is 1.88. The molecule has 0 saturated heterocycles. The van der Waals surface area contributed by atoms with E-state index in [1.54, 1.807) is 0 Å². The van der Waals surface area contributed by atoms with Crippen molar-refractivity contribution < 1.29 is 4.79 Å². The molecule has 0 saturated carbocycles. The van der Waals surface area contributed by atoms with Gasteiger partial charge in [0.2, 0.25) is 5.91 Å². The molecule has 1 amide bonds. The normalized spacial score (nSPS) is 10.2. The summed E-state index contributed by atoms with van der Waals surface area (Å²) in [5, 5.41) is 2.76. The van der Waals surface area contributed by atoms with E-state index in [0.717, 1.165) is 22.5 Å². The molecule has 3 nitrogen and oxygen atoms in total. The summed E-state index contributed by atoms with van der Waals surface area (Å²) < 4.78 is 0. The minimum Gasteiger partial charge on any atom is -0.326 e. The molecule has 0 radical (unpaired) electrons. The van der Waals surface area contributed by atoms with Crippen molar-refractivity contribution >= 4 is 11.6 Å². The zero-order valence-electron chi connectivity index (χ0n) is 10.8. The molecular formula is C15H16N2O. The third-order valence-electron chi connectivity index (χ3n) is 2.76. The van der Waals surface area contributed by atoms with Gasteiger partial charge in [-0.05, 0) is 48.7 Å². The van der Waals surface area contributed by atoms with Gasteiger partial charge in [-0.15, -0.1) is 0 Å². The molecule has 0 aliphatic carbocycles. The number of rotatable bonds is 2. The third-order valence-corrected chi connectivity index (χ3v) is 2.76. The quantitative estimate of drug-likeness (QED) is 0.874. The first-order chi connectivity index (χ1) is 8.56. The van der Waals surface area contributed by atoms with E-state index in [0.29, 0.717) is 0 Å². The van der Waals surface area contributed by atoms with E-state index >= 15 is 0 Å². The molecule has 2 rings (SSSR count). The summed E-state index contributed by atoms with van der Waals surface area (Å²) in [7, 11) is 0. The number of nitrogens with zero attached hydrogens (tertiary/aromatic N) is 1. The topological polar surface area (TPSA) is 42.0 Å². The Kier molecular flexibility index (Phi) is 3.42. The number of pyridine rings is 1. The lowest BCUT2D eigenvalue weighted by atomic mass is 10.0. The Morgan fingerprint density at radius 2 is 1.83 bits per heavy atom. The van der Waals surface area contributed by atoms with Crippen LogP contribution in [0.1, 0.15) is 18.2 Å². The molecule has 1 aromatic heterocycles.